The van der Waals surface area contributed by atoms with Crippen LogP contribution < -0.4 is 5.32 Å². The first-order valence-corrected chi connectivity index (χ1v) is 10.1. The van der Waals surface area contributed by atoms with Gasteiger partial charge < -0.3 is 14.6 Å². The molecule has 7 heteroatoms. The van der Waals surface area contributed by atoms with E-state index < -0.39 is 0 Å². The van der Waals surface area contributed by atoms with Crippen LogP contribution in [0.2, 0.25) is 0 Å². The first-order valence-electron chi connectivity index (χ1n) is 9.26. The molecule has 2 heterocycles. The Kier molecular flexibility index (Phi) is 8.12. The quantitative estimate of drug-likeness (QED) is 0.535. The molecule has 0 radical (unpaired) electrons. The lowest BCUT2D eigenvalue weighted by Gasteiger charge is -2.28. The van der Waals surface area contributed by atoms with Crippen molar-refractivity contribution < 1.29 is 4.42 Å². The highest BCUT2D eigenvalue weighted by Crippen LogP contribution is 2.21. The van der Waals surface area contributed by atoms with E-state index in [1.807, 2.05) is 19.1 Å². The van der Waals surface area contributed by atoms with E-state index in [-0.39, 0.29) is 6.04 Å². The van der Waals surface area contributed by atoms with Gasteiger partial charge in [-0.15, -0.1) is 11.3 Å². The van der Waals surface area contributed by atoms with E-state index in [0.29, 0.717) is 6.54 Å². The zero-order valence-electron chi connectivity index (χ0n) is 16.5. The minimum absolute atomic E-state index is 0.142. The molecule has 1 N–H and O–H groups in total. The summed E-state index contributed by atoms with van der Waals surface area (Å²) in [5.41, 5.74) is 1.08. The maximum Gasteiger partial charge on any atom is 0.194 e. The lowest BCUT2D eigenvalue weighted by molar-refractivity contribution is 0.198. The molecule has 0 aromatic carbocycles. The molecule has 0 aliphatic heterocycles. The summed E-state index contributed by atoms with van der Waals surface area (Å²) in [5, 5.41) is 6.59. The van der Waals surface area contributed by atoms with E-state index in [4.69, 9.17) is 9.41 Å². The second-order valence-corrected chi connectivity index (χ2v) is 7.22. The predicted molar refractivity (Wildman–Crippen MR) is 109 cm³/mol. The number of aromatic nitrogens is 1. The predicted octanol–water partition coefficient (Wildman–Crippen LogP) is 3.52. The lowest BCUT2D eigenvalue weighted by atomic mass is 10.2. The number of nitrogens with zero attached hydrogens (tertiary/aromatic N) is 4. The Balaban J connectivity index is 2.14. The van der Waals surface area contributed by atoms with E-state index >= 15 is 0 Å². The second kappa shape index (κ2) is 10.3. The fourth-order valence-corrected chi connectivity index (χ4v) is 3.58. The first kappa shape index (κ1) is 20.5. The number of aryl methyl sites for hydroxylation is 1. The number of likely N-dealkylation sites (N-methyl/N-ethyl adjacent to an activating group) is 1. The molecule has 0 aliphatic rings. The zero-order chi connectivity index (χ0) is 18.9. The lowest BCUT2D eigenvalue weighted by Crippen LogP contribution is -2.39. The molecule has 0 aliphatic carbocycles. The Hall–Kier alpha value is -1.86. The number of thiazole rings is 1. The van der Waals surface area contributed by atoms with Crippen molar-refractivity contribution in [1.82, 2.24) is 20.1 Å². The monoisotopic (exact) mass is 377 g/mol. The molecule has 6 nitrogen and oxygen atoms in total. The van der Waals surface area contributed by atoms with Crippen LogP contribution in [0.25, 0.3) is 0 Å². The van der Waals surface area contributed by atoms with Crippen LogP contribution >= 0.6 is 11.3 Å². The third-order valence-corrected chi connectivity index (χ3v) is 5.12. The van der Waals surface area contributed by atoms with Crippen LogP contribution in [0.1, 0.15) is 43.3 Å². The van der Waals surface area contributed by atoms with Gasteiger partial charge in [0.15, 0.2) is 5.96 Å². The normalized spacial score (nSPS) is 13.2. The van der Waals surface area contributed by atoms with Crippen molar-refractivity contribution >= 4 is 17.3 Å². The standard InChI is InChI=1S/C19H31N5OS/c1-6-20-19(23(5)13-16-14-26-15(4)22-16)21-12-17(24(7-2)8-3)18-10-9-11-25-18/h9-11,14,17H,6-8,12-13H2,1-5H3,(H,20,21). The molecule has 0 spiro atoms. The van der Waals surface area contributed by atoms with Gasteiger partial charge >= 0.3 is 0 Å². The van der Waals surface area contributed by atoms with Gasteiger partial charge in [0, 0.05) is 19.0 Å². The third-order valence-electron chi connectivity index (χ3n) is 4.30. The Morgan fingerprint density at radius 1 is 1.35 bits per heavy atom. The van der Waals surface area contributed by atoms with Gasteiger partial charge in [-0.3, -0.25) is 9.89 Å². The molecular formula is C19H31N5OS. The third kappa shape index (κ3) is 5.57. The van der Waals surface area contributed by atoms with Crippen molar-refractivity contribution in [3.05, 3.63) is 40.2 Å². The van der Waals surface area contributed by atoms with Crippen LogP contribution in [0, 0.1) is 6.92 Å². The molecular weight excluding hydrogens is 346 g/mol. The number of hydrogen-bond donors (Lipinski definition) is 1. The number of guanidine groups is 1. The molecule has 144 valence electrons. The van der Waals surface area contributed by atoms with Gasteiger partial charge in [0.25, 0.3) is 0 Å². The molecule has 0 saturated carbocycles. The van der Waals surface area contributed by atoms with Crippen molar-refractivity contribution in [2.24, 2.45) is 4.99 Å². The Bertz CT molecular complexity index is 663. The Morgan fingerprint density at radius 3 is 2.65 bits per heavy atom. The van der Waals surface area contributed by atoms with Gasteiger partial charge in [-0.25, -0.2) is 4.98 Å². The number of nitrogens with one attached hydrogen (secondary N) is 1. The van der Waals surface area contributed by atoms with E-state index in [1.54, 1.807) is 17.6 Å². The van der Waals surface area contributed by atoms with E-state index in [1.165, 1.54) is 0 Å². The molecule has 1 unspecified atom stereocenters. The van der Waals surface area contributed by atoms with Gasteiger partial charge in [-0.05, 0) is 39.1 Å². The van der Waals surface area contributed by atoms with Gasteiger partial charge in [-0.1, -0.05) is 13.8 Å². The highest BCUT2D eigenvalue weighted by molar-refractivity contribution is 7.09. The number of rotatable bonds is 9. The van der Waals surface area contributed by atoms with Gasteiger partial charge in [0.1, 0.15) is 5.76 Å². The summed E-state index contributed by atoms with van der Waals surface area (Å²) in [6.07, 6.45) is 1.73. The van der Waals surface area contributed by atoms with E-state index in [0.717, 1.165) is 48.6 Å². The van der Waals surface area contributed by atoms with Crippen LogP contribution in [0.3, 0.4) is 0 Å². The summed E-state index contributed by atoms with van der Waals surface area (Å²) in [4.78, 5) is 13.9. The molecule has 1 atom stereocenters. The molecule has 0 saturated heterocycles. The van der Waals surface area contributed by atoms with Crippen LogP contribution in [0.15, 0.2) is 33.2 Å². The van der Waals surface area contributed by atoms with Crippen LogP contribution in [0.5, 0.6) is 0 Å². The average Bonchev–Trinajstić information content (AvgIpc) is 3.29. The maximum absolute atomic E-state index is 5.68. The smallest absolute Gasteiger partial charge is 0.194 e. The summed E-state index contributed by atoms with van der Waals surface area (Å²) in [6, 6.07) is 4.12. The highest BCUT2D eigenvalue weighted by Gasteiger charge is 2.21. The summed E-state index contributed by atoms with van der Waals surface area (Å²) in [7, 11) is 2.05. The molecule has 2 aromatic rings. The molecule has 0 fully saturated rings. The van der Waals surface area contributed by atoms with Crippen molar-refractivity contribution in [2.75, 3.05) is 33.2 Å². The number of furan rings is 1. The fourth-order valence-electron chi connectivity index (χ4n) is 2.97. The average molecular weight is 378 g/mol. The van der Waals surface area contributed by atoms with Gasteiger partial charge in [0.05, 0.1) is 36.1 Å². The van der Waals surface area contributed by atoms with E-state index in [9.17, 15) is 0 Å². The van der Waals surface area contributed by atoms with Gasteiger partial charge in [0.2, 0.25) is 0 Å². The molecule has 26 heavy (non-hydrogen) atoms. The number of hydrogen-bond acceptors (Lipinski definition) is 5. The van der Waals surface area contributed by atoms with E-state index in [2.05, 4.69) is 53.3 Å². The largest absolute Gasteiger partial charge is 0.468 e. The molecule has 0 amide bonds. The van der Waals surface area contributed by atoms with Crippen molar-refractivity contribution in [2.45, 2.75) is 40.3 Å². The Morgan fingerprint density at radius 2 is 2.12 bits per heavy atom. The highest BCUT2D eigenvalue weighted by atomic mass is 32.1. The summed E-state index contributed by atoms with van der Waals surface area (Å²) < 4.78 is 5.68. The Labute approximate surface area is 160 Å². The number of aliphatic imine (C=N–C) groups is 1. The summed E-state index contributed by atoms with van der Waals surface area (Å²) in [6.45, 7) is 12.6. The van der Waals surface area contributed by atoms with Crippen molar-refractivity contribution in [3.8, 4) is 0 Å². The summed E-state index contributed by atoms with van der Waals surface area (Å²) in [5.74, 6) is 1.85. The minimum Gasteiger partial charge on any atom is -0.468 e. The molecule has 2 rings (SSSR count). The summed E-state index contributed by atoms with van der Waals surface area (Å²) >= 11 is 1.68. The van der Waals surface area contributed by atoms with Crippen LogP contribution in [0.4, 0.5) is 0 Å². The van der Waals surface area contributed by atoms with Gasteiger partial charge in [-0.2, -0.15) is 0 Å². The zero-order valence-corrected chi connectivity index (χ0v) is 17.3. The van der Waals surface area contributed by atoms with Crippen molar-refractivity contribution in [3.63, 3.8) is 0 Å². The second-order valence-electron chi connectivity index (χ2n) is 6.16. The fraction of sp³-hybridized carbons (Fsp3) is 0.579. The van der Waals surface area contributed by atoms with Crippen LogP contribution in [-0.4, -0.2) is 54.0 Å². The maximum atomic E-state index is 5.68. The first-order chi connectivity index (χ1) is 12.6. The van der Waals surface area contributed by atoms with Crippen molar-refractivity contribution in [1.29, 1.82) is 0 Å². The molecule has 0 bridgehead atoms. The molecule has 2 aromatic heterocycles. The SMILES string of the molecule is CCNC(=NCC(c1ccco1)N(CC)CC)N(C)Cc1csc(C)n1. The van der Waals surface area contributed by atoms with Crippen LogP contribution in [-0.2, 0) is 6.54 Å². The topological polar surface area (TPSA) is 56.9 Å². The minimum atomic E-state index is 0.142.